The van der Waals surface area contributed by atoms with Gasteiger partial charge in [-0.1, -0.05) is 0 Å². The van der Waals surface area contributed by atoms with E-state index in [9.17, 15) is 13.2 Å². The Kier molecular flexibility index (Phi) is 5.74. The zero-order chi connectivity index (χ0) is 26.6. The van der Waals surface area contributed by atoms with E-state index in [1.54, 1.807) is 40.6 Å². The van der Waals surface area contributed by atoms with Gasteiger partial charge in [-0.25, -0.2) is 18.4 Å². The number of imidazole rings is 1. The van der Waals surface area contributed by atoms with Crippen LogP contribution in [0, 0.1) is 0 Å². The van der Waals surface area contributed by atoms with E-state index in [1.807, 2.05) is 12.1 Å². The van der Waals surface area contributed by atoms with Gasteiger partial charge in [0.15, 0.2) is 11.4 Å². The largest absolute Gasteiger partial charge is 0.463 e. The summed E-state index contributed by atoms with van der Waals surface area (Å²) >= 11 is 0. The predicted molar refractivity (Wildman–Crippen MR) is 142 cm³/mol. The van der Waals surface area contributed by atoms with E-state index < -0.39 is 10.0 Å². The van der Waals surface area contributed by atoms with Gasteiger partial charge in [0.05, 0.1) is 16.7 Å². The monoisotopic (exact) mass is 537 g/mol. The maximum Gasteiger partial charge on any atom is 0.330 e. The molecule has 0 atom stereocenters. The number of nitrogens with zero attached hydrogens (tertiary/aromatic N) is 7. The fourth-order valence-corrected chi connectivity index (χ4v) is 5.50. The van der Waals surface area contributed by atoms with E-state index in [-0.39, 0.29) is 16.5 Å². The second kappa shape index (κ2) is 9.01. The molecule has 0 amide bonds. The third-order valence-corrected chi connectivity index (χ3v) is 7.96. The Labute approximate surface area is 217 Å². The number of nitrogen functional groups attached to an aromatic ring is 1. The van der Waals surface area contributed by atoms with Crippen molar-refractivity contribution in [3.8, 4) is 11.5 Å². The minimum absolute atomic E-state index is 0.0973. The molecule has 14 heteroatoms. The van der Waals surface area contributed by atoms with Crippen molar-refractivity contribution in [1.29, 1.82) is 0 Å². The minimum atomic E-state index is -3.71. The van der Waals surface area contributed by atoms with E-state index in [0.29, 0.717) is 41.2 Å². The van der Waals surface area contributed by atoms with Crippen LogP contribution in [0.5, 0.6) is 0 Å². The summed E-state index contributed by atoms with van der Waals surface area (Å²) in [6.45, 7) is 4.27. The zero-order valence-electron chi connectivity index (χ0n) is 20.7. The number of rotatable bonds is 6. The smallest absolute Gasteiger partial charge is 0.330 e. The van der Waals surface area contributed by atoms with Crippen molar-refractivity contribution < 1.29 is 12.8 Å². The lowest BCUT2D eigenvalue weighted by molar-refractivity contribution is 0.248. The lowest BCUT2D eigenvalue weighted by Crippen LogP contribution is -2.47. The highest BCUT2D eigenvalue weighted by atomic mass is 32.2. The molecule has 198 valence electrons. The van der Waals surface area contributed by atoms with Crippen LogP contribution in [-0.4, -0.2) is 69.8 Å². The summed E-state index contributed by atoms with van der Waals surface area (Å²) in [7, 11) is -1.99. The molecule has 4 aromatic heterocycles. The number of primary sulfonamides is 1. The summed E-state index contributed by atoms with van der Waals surface area (Å²) in [5.74, 6) is 0.789. The number of sulfonamides is 1. The number of furan rings is 1. The second-order valence-corrected chi connectivity index (χ2v) is 10.9. The number of aryl methyl sites for hydroxylation is 1. The first kappa shape index (κ1) is 24.2. The molecule has 0 spiro atoms. The van der Waals surface area contributed by atoms with Crippen molar-refractivity contribution in [3.63, 3.8) is 0 Å². The van der Waals surface area contributed by atoms with Crippen LogP contribution in [0.2, 0.25) is 0 Å². The third-order valence-electron chi connectivity index (χ3n) is 7.03. The molecule has 5 aromatic rings. The van der Waals surface area contributed by atoms with Gasteiger partial charge in [-0.3, -0.25) is 14.0 Å². The van der Waals surface area contributed by atoms with Crippen LogP contribution in [0.1, 0.15) is 0 Å². The normalized spacial score (nSPS) is 15.2. The molecule has 0 bridgehead atoms. The predicted octanol–water partition coefficient (Wildman–Crippen LogP) is 0.695. The molecule has 1 aromatic carbocycles. The SMILES string of the molecule is Cn1c(=O)n(CCN2CCN(c3ccc(S(N)(=O)=O)cc3)CC2)c2nc(N)n3nc(-c4ccco4)cc3c21. The van der Waals surface area contributed by atoms with Gasteiger partial charge < -0.3 is 15.1 Å². The number of aromatic nitrogens is 5. The minimum Gasteiger partial charge on any atom is -0.463 e. The van der Waals surface area contributed by atoms with E-state index in [0.717, 1.165) is 31.9 Å². The van der Waals surface area contributed by atoms with Gasteiger partial charge in [-0.2, -0.15) is 14.6 Å². The van der Waals surface area contributed by atoms with Crippen molar-refractivity contribution in [2.24, 2.45) is 12.2 Å². The molecular weight excluding hydrogens is 510 g/mol. The fraction of sp³-hybridized carbons (Fsp3) is 0.292. The average Bonchev–Trinajstić information content (AvgIpc) is 3.63. The molecule has 38 heavy (non-hydrogen) atoms. The fourth-order valence-electron chi connectivity index (χ4n) is 4.99. The molecule has 1 aliphatic heterocycles. The first-order valence-corrected chi connectivity index (χ1v) is 13.6. The third kappa shape index (κ3) is 4.12. The van der Waals surface area contributed by atoms with Crippen LogP contribution in [0.4, 0.5) is 11.6 Å². The van der Waals surface area contributed by atoms with Gasteiger partial charge in [-0.15, -0.1) is 0 Å². The molecular formula is C24H27N9O4S. The molecule has 1 saturated heterocycles. The van der Waals surface area contributed by atoms with Crippen molar-refractivity contribution in [2.45, 2.75) is 11.4 Å². The summed E-state index contributed by atoms with van der Waals surface area (Å²) in [6, 6.07) is 12.0. The highest BCUT2D eigenvalue weighted by molar-refractivity contribution is 7.89. The van der Waals surface area contributed by atoms with Crippen LogP contribution < -0.4 is 21.5 Å². The number of fused-ring (bicyclic) bond motifs is 3. The molecule has 1 fully saturated rings. The van der Waals surface area contributed by atoms with Crippen LogP contribution in [0.3, 0.4) is 0 Å². The molecule has 0 radical (unpaired) electrons. The van der Waals surface area contributed by atoms with Crippen molar-refractivity contribution in [3.05, 3.63) is 59.2 Å². The Morgan fingerprint density at radius 3 is 2.45 bits per heavy atom. The van der Waals surface area contributed by atoms with E-state index in [4.69, 9.17) is 15.3 Å². The van der Waals surface area contributed by atoms with Crippen molar-refractivity contribution >= 4 is 38.3 Å². The molecule has 4 N–H and O–H groups in total. The number of anilines is 2. The molecule has 0 saturated carbocycles. The topological polar surface area (TPSA) is 163 Å². The van der Waals surface area contributed by atoms with E-state index in [2.05, 4.69) is 19.9 Å². The van der Waals surface area contributed by atoms with Gasteiger partial charge in [0.25, 0.3) is 0 Å². The summed E-state index contributed by atoms with van der Waals surface area (Å²) < 4.78 is 33.2. The standard InChI is InChI=1S/C24H27N9O4S/c1-29-21-19-15-18(20-3-2-14-37-20)28-33(19)23(25)27-22(21)32(24(29)34)13-10-30-8-11-31(12-9-30)16-4-6-17(7-5-16)38(26,35)36/h2-7,14-15H,8-13H2,1H3,(H2,25,27)(H2,26,35,36). The molecule has 0 unspecified atom stereocenters. The second-order valence-electron chi connectivity index (χ2n) is 9.31. The van der Waals surface area contributed by atoms with Gasteiger partial charge in [-0.05, 0) is 42.5 Å². The van der Waals surface area contributed by atoms with E-state index in [1.165, 1.54) is 16.6 Å². The van der Waals surface area contributed by atoms with Crippen molar-refractivity contribution in [1.82, 2.24) is 28.6 Å². The van der Waals surface area contributed by atoms with Crippen LogP contribution in [0.15, 0.2) is 62.8 Å². The Morgan fingerprint density at radius 1 is 1.05 bits per heavy atom. The van der Waals surface area contributed by atoms with Crippen LogP contribution in [0.25, 0.3) is 28.1 Å². The lowest BCUT2D eigenvalue weighted by Gasteiger charge is -2.36. The summed E-state index contributed by atoms with van der Waals surface area (Å²) in [5.41, 5.74) is 9.47. The molecule has 5 heterocycles. The Balaban J connectivity index is 1.20. The Morgan fingerprint density at radius 2 is 1.79 bits per heavy atom. The van der Waals surface area contributed by atoms with E-state index >= 15 is 0 Å². The zero-order valence-corrected chi connectivity index (χ0v) is 21.5. The van der Waals surface area contributed by atoms with Gasteiger partial charge in [0.2, 0.25) is 16.0 Å². The average molecular weight is 538 g/mol. The maximum atomic E-state index is 13.2. The number of piperazine rings is 1. The summed E-state index contributed by atoms with van der Waals surface area (Å²) in [4.78, 5) is 22.3. The first-order chi connectivity index (χ1) is 18.2. The van der Waals surface area contributed by atoms with Gasteiger partial charge in [0.1, 0.15) is 11.2 Å². The van der Waals surface area contributed by atoms with Crippen LogP contribution >= 0.6 is 0 Å². The quantitative estimate of drug-likeness (QED) is 0.317. The maximum absolute atomic E-state index is 13.2. The van der Waals surface area contributed by atoms with Crippen LogP contribution in [-0.2, 0) is 23.6 Å². The Bertz CT molecular complexity index is 1790. The van der Waals surface area contributed by atoms with Gasteiger partial charge in [0, 0.05) is 52.0 Å². The number of benzene rings is 1. The number of nitrogens with two attached hydrogens (primary N) is 2. The summed E-state index contributed by atoms with van der Waals surface area (Å²) in [6.07, 6.45) is 1.58. The molecule has 1 aliphatic rings. The Hall–Kier alpha value is -4.14. The highest BCUT2D eigenvalue weighted by Gasteiger charge is 2.22. The highest BCUT2D eigenvalue weighted by Crippen LogP contribution is 2.26. The lowest BCUT2D eigenvalue weighted by atomic mass is 10.2. The number of hydrogen-bond donors (Lipinski definition) is 2. The van der Waals surface area contributed by atoms with Gasteiger partial charge >= 0.3 is 5.69 Å². The number of hydrogen-bond acceptors (Lipinski definition) is 9. The first-order valence-electron chi connectivity index (χ1n) is 12.1. The molecule has 0 aliphatic carbocycles. The van der Waals surface area contributed by atoms with Crippen molar-refractivity contribution in [2.75, 3.05) is 43.4 Å². The summed E-state index contributed by atoms with van der Waals surface area (Å²) in [5, 5.41) is 9.71. The molecule has 13 nitrogen and oxygen atoms in total. The molecule has 6 rings (SSSR count).